The third kappa shape index (κ3) is 2.52. The summed E-state index contributed by atoms with van der Waals surface area (Å²) in [5, 5.41) is 7.42. The lowest BCUT2D eigenvalue weighted by atomic mass is 10.3. The quantitative estimate of drug-likeness (QED) is 0.813. The number of aromatic nitrogens is 4. The van der Waals surface area contributed by atoms with Gasteiger partial charge in [-0.1, -0.05) is 0 Å². The van der Waals surface area contributed by atoms with Gasteiger partial charge in [0.15, 0.2) is 0 Å². The number of nitrogens with zero attached hydrogens (tertiary/aromatic N) is 4. The van der Waals surface area contributed by atoms with E-state index in [0.717, 1.165) is 24.3 Å². The zero-order chi connectivity index (χ0) is 10.5. The summed E-state index contributed by atoms with van der Waals surface area (Å²) in [6.07, 6.45) is 8.91. The summed E-state index contributed by atoms with van der Waals surface area (Å²) in [6.45, 7) is 3.66. The van der Waals surface area contributed by atoms with Gasteiger partial charge in [0, 0.05) is 37.2 Å². The first-order valence-electron chi connectivity index (χ1n) is 4.88. The number of aryl methyl sites for hydroxylation is 1. The van der Waals surface area contributed by atoms with Gasteiger partial charge in [-0.25, -0.2) is 9.97 Å². The van der Waals surface area contributed by atoms with Crippen LogP contribution in [0.3, 0.4) is 0 Å². The summed E-state index contributed by atoms with van der Waals surface area (Å²) >= 11 is 0. The molecular weight excluding hydrogens is 190 g/mol. The van der Waals surface area contributed by atoms with Crippen LogP contribution < -0.4 is 5.32 Å². The number of rotatable bonds is 4. The normalized spacial score (nSPS) is 10.2. The van der Waals surface area contributed by atoms with Crippen LogP contribution in [0.5, 0.6) is 0 Å². The third-order valence-electron chi connectivity index (χ3n) is 2.07. The van der Waals surface area contributed by atoms with E-state index in [9.17, 15) is 0 Å². The largest absolute Gasteiger partial charge is 0.378 e. The van der Waals surface area contributed by atoms with Gasteiger partial charge in [-0.3, -0.25) is 4.68 Å². The van der Waals surface area contributed by atoms with Crippen molar-refractivity contribution >= 4 is 5.69 Å². The first-order valence-corrected chi connectivity index (χ1v) is 4.88. The molecule has 0 unspecified atom stereocenters. The summed E-state index contributed by atoms with van der Waals surface area (Å²) in [5.74, 6) is 0. The standard InChI is InChI=1S/C10H13N5/c1-2-15-7-10(6-14-15)13-5-9-3-11-8-12-4-9/h3-4,6-8,13H,2,5H2,1H3. The maximum absolute atomic E-state index is 4.17. The van der Waals surface area contributed by atoms with Crippen LogP contribution in [0.4, 0.5) is 5.69 Å². The molecule has 5 nitrogen and oxygen atoms in total. The fourth-order valence-electron chi connectivity index (χ4n) is 1.25. The molecule has 0 aliphatic rings. The topological polar surface area (TPSA) is 55.6 Å². The van der Waals surface area contributed by atoms with E-state index in [4.69, 9.17) is 0 Å². The highest BCUT2D eigenvalue weighted by molar-refractivity contribution is 5.38. The minimum absolute atomic E-state index is 0.718. The van der Waals surface area contributed by atoms with Crippen LogP contribution in [-0.2, 0) is 13.1 Å². The molecule has 2 heterocycles. The summed E-state index contributed by atoms with van der Waals surface area (Å²) in [5.41, 5.74) is 2.07. The highest BCUT2D eigenvalue weighted by atomic mass is 15.3. The molecule has 2 aromatic rings. The van der Waals surface area contributed by atoms with Gasteiger partial charge in [-0.15, -0.1) is 0 Å². The van der Waals surface area contributed by atoms with Crippen molar-refractivity contribution in [3.05, 3.63) is 36.7 Å². The fourth-order valence-corrected chi connectivity index (χ4v) is 1.25. The molecule has 0 amide bonds. The lowest BCUT2D eigenvalue weighted by molar-refractivity contribution is 0.660. The Kier molecular flexibility index (Phi) is 2.92. The zero-order valence-electron chi connectivity index (χ0n) is 8.59. The Hall–Kier alpha value is -1.91. The SMILES string of the molecule is CCn1cc(NCc2cncnc2)cn1. The average Bonchev–Trinajstić information content (AvgIpc) is 2.76. The van der Waals surface area contributed by atoms with Gasteiger partial charge in [0.05, 0.1) is 11.9 Å². The number of nitrogens with one attached hydrogen (secondary N) is 1. The fraction of sp³-hybridized carbons (Fsp3) is 0.300. The van der Waals surface area contributed by atoms with E-state index in [1.807, 2.05) is 17.1 Å². The van der Waals surface area contributed by atoms with Gasteiger partial charge in [0.2, 0.25) is 0 Å². The lowest BCUT2D eigenvalue weighted by Crippen LogP contribution is -1.99. The molecule has 0 spiro atoms. The van der Waals surface area contributed by atoms with Crippen molar-refractivity contribution in [3.8, 4) is 0 Å². The van der Waals surface area contributed by atoms with E-state index < -0.39 is 0 Å². The highest BCUT2D eigenvalue weighted by Crippen LogP contribution is 2.06. The summed E-state index contributed by atoms with van der Waals surface area (Å²) in [6, 6.07) is 0. The van der Waals surface area contributed by atoms with E-state index in [-0.39, 0.29) is 0 Å². The Balaban J connectivity index is 1.93. The smallest absolute Gasteiger partial charge is 0.115 e. The van der Waals surface area contributed by atoms with Crippen LogP contribution in [0, 0.1) is 0 Å². The molecular formula is C10H13N5. The van der Waals surface area contributed by atoms with Crippen molar-refractivity contribution in [1.82, 2.24) is 19.7 Å². The molecule has 0 fully saturated rings. The van der Waals surface area contributed by atoms with Crippen LogP contribution >= 0.6 is 0 Å². The van der Waals surface area contributed by atoms with Gasteiger partial charge in [0.25, 0.3) is 0 Å². The van der Waals surface area contributed by atoms with Crippen molar-refractivity contribution in [1.29, 1.82) is 0 Å². The summed E-state index contributed by atoms with van der Waals surface area (Å²) in [4.78, 5) is 7.89. The van der Waals surface area contributed by atoms with Crippen molar-refractivity contribution in [2.24, 2.45) is 0 Å². The number of hydrogen-bond donors (Lipinski definition) is 1. The zero-order valence-corrected chi connectivity index (χ0v) is 8.59. The first-order chi connectivity index (χ1) is 7.38. The van der Waals surface area contributed by atoms with Gasteiger partial charge in [-0.05, 0) is 6.92 Å². The van der Waals surface area contributed by atoms with E-state index in [2.05, 4.69) is 27.3 Å². The van der Waals surface area contributed by atoms with Crippen molar-refractivity contribution < 1.29 is 0 Å². The van der Waals surface area contributed by atoms with Crippen LogP contribution in [-0.4, -0.2) is 19.7 Å². The van der Waals surface area contributed by atoms with Crippen molar-refractivity contribution in [2.75, 3.05) is 5.32 Å². The van der Waals surface area contributed by atoms with E-state index in [1.54, 1.807) is 12.4 Å². The van der Waals surface area contributed by atoms with Crippen LogP contribution in [0.1, 0.15) is 12.5 Å². The molecule has 78 valence electrons. The van der Waals surface area contributed by atoms with Crippen molar-refractivity contribution in [2.45, 2.75) is 20.0 Å². The molecule has 5 heteroatoms. The molecule has 0 atom stereocenters. The highest BCUT2D eigenvalue weighted by Gasteiger charge is 1.96. The molecule has 0 saturated heterocycles. The predicted molar refractivity (Wildman–Crippen MR) is 57.3 cm³/mol. The predicted octanol–water partition coefficient (Wildman–Crippen LogP) is 1.31. The van der Waals surface area contributed by atoms with Crippen molar-refractivity contribution in [3.63, 3.8) is 0 Å². The van der Waals surface area contributed by atoms with Crippen LogP contribution in [0.2, 0.25) is 0 Å². The molecule has 0 aliphatic heterocycles. The molecule has 2 aromatic heterocycles. The first kappa shape index (κ1) is 9.64. The van der Waals surface area contributed by atoms with E-state index >= 15 is 0 Å². The third-order valence-corrected chi connectivity index (χ3v) is 2.07. The maximum Gasteiger partial charge on any atom is 0.115 e. The molecule has 0 saturated carbocycles. The van der Waals surface area contributed by atoms with Crippen LogP contribution in [0.15, 0.2) is 31.1 Å². The molecule has 0 radical (unpaired) electrons. The second-order valence-corrected chi connectivity index (χ2v) is 3.18. The number of hydrogen-bond acceptors (Lipinski definition) is 4. The Morgan fingerprint density at radius 3 is 2.73 bits per heavy atom. The average molecular weight is 203 g/mol. The molecule has 0 aliphatic carbocycles. The minimum atomic E-state index is 0.718. The second kappa shape index (κ2) is 4.54. The van der Waals surface area contributed by atoms with E-state index in [0.29, 0.717) is 0 Å². The molecule has 2 rings (SSSR count). The Morgan fingerprint density at radius 1 is 1.27 bits per heavy atom. The minimum Gasteiger partial charge on any atom is -0.378 e. The Morgan fingerprint density at radius 2 is 2.07 bits per heavy atom. The van der Waals surface area contributed by atoms with Gasteiger partial charge in [-0.2, -0.15) is 5.10 Å². The molecule has 0 aromatic carbocycles. The molecule has 15 heavy (non-hydrogen) atoms. The number of anilines is 1. The van der Waals surface area contributed by atoms with Gasteiger partial charge in [0.1, 0.15) is 6.33 Å². The summed E-state index contributed by atoms with van der Waals surface area (Å²) < 4.78 is 1.88. The Labute approximate surface area is 88.2 Å². The van der Waals surface area contributed by atoms with E-state index in [1.165, 1.54) is 6.33 Å². The molecule has 1 N–H and O–H groups in total. The Bertz CT molecular complexity index is 409. The lowest BCUT2D eigenvalue weighted by Gasteiger charge is -2.01. The monoisotopic (exact) mass is 203 g/mol. The second-order valence-electron chi connectivity index (χ2n) is 3.18. The molecule has 0 bridgehead atoms. The van der Waals surface area contributed by atoms with Gasteiger partial charge >= 0.3 is 0 Å². The van der Waals surface area contributed by atoms with Crippen LogP contribution in [0.25, 0.3) is 0 Å². The van der Waals surface area contributed by atoms with Gasteiger partial charge < -0.3 is 5.32 Å². The maximum atomic E-state index is 4.17. The summed E-state index contributed by atoms with van der Waals surface area (Å²) in [7, 11) is 0.